The van der Waals surface area contributed by atoms with Gasteiger partial charge in [0.25, 0.3) is 0 Å². The maximum absolute atomic E-state index is 11.8. The van der Waals surface area contributed by atoms with E-state index in [1.807, 2.05) is 6.92 Å². The Balaban J connectivity index is 2.84. The standard InChI is InChI=1S/C13H20N2O3/c1-4-5-10(14)13(16)15-11-8-9(17-2)6-7-12(11)18-3/h6-8,10H,4-5,14H2,1-3H3,(H,15,16). The number of benzene rings is 1. The van der Waals surface area contributed by atoms with Crippen LogP contribution in [0.25, 0.3) is 0 Å². The van der Waals surface area contributed by atoms with E-state index in [4.69, 9.17) is 15.2 Å². The van der Waals surface area contributed by atoms with Gasteiger partial charge < -0.3 is 20.5 Å². The van der Waals surface area contributed by atoms with Gasteiger partial charge in [0.05, 0.1) is 25.9 Å². The Morgan fingerprint density at radius 3 is 2.67 bits per heavy atom. The van der Waals surface area contributed by atoms with Crippen molar-refractivity contribution in [1.29, 1.82) is 0 Å². The lowest BCUT2D eigenvalue weighted by Gasteiger charge is -2.14. The molecule has 0 saturated carbocycles. The van der Waals surface area contributed by atoms with Crippen molar-refractivity contribution in [1.82, 2.24) is 0 Å². The molecule has 1 amide bonds. The fraction of sp³-hybridized carbons (Fsp3) is 0.462. The normalized spacial score (nSPS) is 11.8. The Bertz CT molecular complexity index is 407. The van der Waals surface area contributed by atoms with Crippen LogP contribution in [0.15, 0.2) is 18.2 Å². The van der Waals surface area contributed by atoms with E-state index in [-0.39, 0.29) is 5.91 Å². The number of hydrogen-bond donors (Lipinski definition) is 2. The Labute approximate surface area is 107 Å². The van der Waals surface area contributed by atoms with E-state index < -0.39 is 6.04 Å². The number of carbonyl (C=O) groups is 1. The van der Waals surface area contributed by atoms with E-state index in [2.05, 4.69) is 5.32 Å². The van der Waals surface area contributed by atoms with Crippen molar-refractivity contribution in [3.63, 3.8) is 0 Å². The zero-order chi connectivity index (χ0) is 13.5. The number of ether oxygens (including phenoxy) is 2. The van der Waals surface area contributed by atoms with Crippen LogP contribution in [0, 0.1) is 0 Å². The number of anilines is 1. The third kappa shape index (κ3) is 3.63. The molecule has 0 aliphatic rings. The smallest absolute Gasteiger partial charge is 0.241 e. The summed E-state index contributed by atoms with van der Waals surface area (Å²) in [6, 6.07) is 4.70. The highest BCUT2D eigenvalue weighted by atomic mass is 16.5. The summed E-state index contributed by atoms with van der Waals surface area (Å²) in [5, 5.41) is 2.75. The molecule has 0 aliphatic carbocycles. The number of nitrogens with one attached hydrogen (secondary N) is 1. The third-order valence-electron chi connectivity index (χ3n) is 2.60. The van der Waals surface area contributed by atoms with Gasteiger partial charge in [-0.3, -0.25) is 4.79 Å². The highest BCUT2D eigenvalue weighted by molar-refractivity contribution is 5.96. The molecule has 5 nitrogen and oxygen atoms in total. The van der Waals surface area contributed by atoms with Gasteiger partial charge in [0.1, 0.15) is 11.5 Å². The van der Waals surface area contributed by atoms with Crippen molar-refractivity contribution in [2.24, 2.45) is 5.73 Å². The van der Waals surface area contributed by atoms with Crippen LogP contribution in [0.5, 0.6) is 11.5 Å². The Kier molecular flexibility index (Phi) is 5.45. The summed E-state index contributed by atoms with van der Waals surface area (Å²) >= 11 is 0. The van der Waals surface area contributed by atoms with E-state index >= 15 is 0 Å². The summed E-state index contributed by atoms with van der Waals surface area (Å²) in [5.41, 5.74) is 6.32. The molecule has 1 unspecified atom stereocenters. The molecule has 1 atom stereocenters. The number of hydrogen-bond acceptors (Lipinski definition) is 4. The number of rotatable bonds is 6. The van der Waals surface area contributed by atoms with Crippen LogP contribution in [0.4, 0.5) is 5.69 Å². The van der Waals surface area contributed by atoms with E-state index in [1.165, 1.54) is 0 Å². The molecule has 1 rings (SSSR count). The zero-order valence-electron chi connectivity index (χ0n) is 11.0. The van der Waals surface area contributed by atoms with Gasteiger partial charge >= 0.3 is 0 Å². The maximum atomic E-state index is 11.8. The first-order valence-electron chi connectivity index (χ1n) is 5.90. The third-order valence-corrected chi connectivity index (χ3v) is 2.60. The molecule has 0 aromatic heterocycles. The summed E-state index contributed by atoms with van der Waals surface area (Å²) in [7, 11) is 3.11. The average molecular weight is 252 g/mol. The number of amides is 1. The first kappa shape index (κ1) is 14.3. The largest absolute Gasteiger partial charge is 0.497 e. The van der Waals surface area contributed by atoms with Gasteiger partial charge in [-0.25, -0.2) is 0 Å². The molecule has 0 saturated heterocycles. The number of carbonyl (C=O) groups excluding carboxylic acids is 1. The molecule has 0 radical (unpaired) electrons. The van der Waals surface area contributed by atoms with Gasteiger partial charge in [-0.2, -0.15) is 0 Å². The Hall–Kier alpha value is -1.75. The lowest BCUT2D eigenvalue weighted by atomic mass is 10.1. The molecule has 18 heavy (non-hydrogen) atoms. The quantitative estimate of drug-likeness (QED) is 0.809. The Morgan fingerprint density at radius 1 is 1.39 bits per heavy atom. The van der Waals surface area contributed by atoms with Gasteiger partial charge in [0.2, 0.25) is 5.91 Å². The lowest BCUT2D eigenvalue weighted by Crippen LogP contribution is -2.35. The molecular weight excluding hydrogens is 232 g/mol. The molecule has 100 valence electrons. The fourth-order valence-electron chi connectivity index (χ4n) is 1.58. The molecule has 3 N–H and O–H groups in total. The van der Waals surface area contributed by atoms with Crippen molar-refractivity contribution in [2.75, 3.05) is 19.5 Å². The second kappa shape index (κ2) is 6.86. The van der Waals surface area contributed by atoms with Gasteiger partial charge in [-0.15, -0.1) is 0 Å². The molecule has 0 heterocycles. The molecule has 0 bridgehead atoms. The topological polar surface area (TPSA) is 73.6 Å². The minimum Gasteiger partial charge on any atom is -0.497 e. The zero-order valence-corrected chi connectivity index (χ0v) is 11.0. The molecule has 1 aromatic rings. The molecule has 0 spiro atoms. The van der Waals surface area contributed by atoms with Crippen LogP contribution in [0.2, 0.25) is 0 Å². The van der Waals surface area contributed by atoms with Crippen molar-refractivity contribution < 1.29 is 14.3 Å². The molecule has 5 heteroatoms. The average Bonchev–Trinajstić information content (AvgIpc) is 2.38. The summed E-state index contributed by atoms with van der Waals surface area (Å²) in [6.45, 7) is 1.99. The SMILES string of the molecule is CCCC(N)C(=O)Nc1cc(OC)ccc1OC. The molecule has 1 aromatic carbocycles. The first-order chi connectivity index (χ1) is 8.62. The predicted octanol–water partition coefficient (Wildman–Crippen LogP) is 1.77. The van der Waals surface area contributed by atoms with E-state index in [1.54, 1.807) is 32.4 Å². The molecule has 0 fully saturated rings. The van der Waals surface area contributed by atoms with Crippen molar-refractivity contribution in [3.05, 3.63) is 18.2 Å². The van der Waals surface area contributed by atoms with Gasteiger partial charge in [-0.1, -0.05) is 13.3 Å². The van der Waals surface area contributed by atoms with E-state index in [0.29, 0.717) is 23.6 Å². The fourth-order valence-corrected chi connectivity index (χ4v) is 1.58. The monoisotopic (exact) mass is 252 g/mol. The predicted molar refractivity (Wildman–Crippen MR) is 71.1 cm³/mol. The van der Waals surface area contributed by atoms with Gasteiger partial charge in [0.15, 0.2) is 0 Å². The summed E-state index contributed by atoms with van der Waals surface area (Å²) in [6.07, 6.45) is 1.52. The van der Waals surface area contributed by atoms with Crippen LogP contribution in [-0.2, 0) is 4.79 Å². The van der Waals surface area contributed by atoms with Crippen LogP contribution in [0.3, 0.4) is 0 Å². The highest BCUT2D eigenvalue weighted by Crippen LogP contribution is 2.28. The maximum Gasteiger partial charge on any atom is 0.241 e. The number of nitrogens with two attached hydrogens (primary N) is 1. The van der Waals surface area contributed by atoms with Gasteiger partial charge in [0, 0.05) is 6.07 Å². The molecule has 0 aliphatic heterocycles. The van der Waals surface area contributed by atoms with Crippen LogP contribution in [-0.4, -0.2) is 26.2 Å². The van der Waals surface area contributed by atoms with Crippen LogP contribution < -0.4 is 20.5 Å². The summed E-state index contributed by atoms with van der Waals surface area (Å²) in [4.78, 5) is 11.8. The van der Waals surface area contributed by atoms with Crippen molar-refractivity contribution in [2.45, 2.75) is 25.8 Å². The Morgan fingerprint density at radius 2 is 2.11 bits per heavy atom. The van der Waals surface area contributed by atoms with E-state index in [9.17, 15) is 4.79 Å². The van der Waals surface area contributed by atoms with Gasteiger partial charge in [-0.05, 0) is 18.6 Å². The number of methoxy groups -OCH3 is 2. The van der Waals surface area contributed by atoms with Crippen LogP contribution in [0.1, 0.15) is 19.8 Å². The summed E-state index contributed by atoms with van der Waals surface area (Å²) in [5.74, 6) is 1.01. The minimum atomic E-state index is -0.508. The second-order valence-corrected chi connectivity index (χ2v) is 3.95. The minimum absolute atomic E-state index is 0.219. The van der Waals surface area contributed by atoms with Crippen molar-refractivity contribution in [3.8, 4) is 11.5 Å². The van der Waals surface area contributed by atoms with E-state index in [0.717, 1.165) is 6.42 Å². The summed E-state index contributed by atoms with van der Waals surface area (Å²) < 4.78 is 10.3. The molecular formula is C13H20N2O3. The first-order valence-corrected chi connectivity index (χ1v) is 5.90. The highest BCUT2D eigenvalue weighted by Gasteiger charge is 2.15. The van der Waals surface area contributed by atoms with Crippen molar-refractivity contribution >= 4 is 11.6 Å². The lowest BCUT2D eigenvalue weighted by molar-refractivity contribution is -0.117. The van der Waals surface area contributed by atoms with Crippen LogP contribution >= 0.6 is 0 Å². The second-order valence-electron chi connectivity index (χ2n) is 3.95.